The van der Waals surface area contributed by atoms with Crippen LogP contribution in [0.4, 0.5) is 4.79 Å². The summed E-state index contributed by atoms with van der Waals surface area (Å²) in [6, 6.07) is 0.296. The summed E-state index contributed by atoms with van der Waals surface area (Å²) in [5, 5.41) is 7.81. The van der Waals surface area contributed by atoms with Gasteiger partial charge in [-0.05, 0) is 38.9 Å². The molecule has 2 rings (SSSR count). The lowest BCUT2D eigenvalue weighted by molar-refractivity contribution is 0.198. The summed E-state index contributed by atoms with van der Waals surface area (Å²) in [5.41, 5.74) is 1.86. The molecule has 0 aliphatic heterocycles. The molecule has 0 spiro atoms. The van der Waals surface area contributed by atoms with Gasteiger partial charge in [-0.1, -0.05) is 18.5 Å². The Morgan fingerprint density at radius 3 is 2.86 bits per heavy atom. The topological polar surface area (TPSA) is 58.4 Å². The number of aromatic nitrogens is 1. The number of amides is 2. The maximum atomic E-state index is 12.4. The fraction of sp³-hybridized carbons (Fsp3) is 0.750. The highest BCUT2D eigenvalue weighted by Crippen LogP contribution is 2.28. The maximum Gasteiger partial charge on any atom is 0.317 e. The Bertz CT molecular complexity index is 482. The Labute approximate surface area is 137 Å². The molecule has 124 valence electrons. The number of hydrogen-bond donors (Lipinski definition) is 1. The van der Waals surface area contributed by atoms with Crippen molar-refractivity contribution < 1.29 is 9.32 Å². The van der Waals surface area contributed by atoms with Gasteiger partial charge in [0.15, 0.2) is 0 Å². The number of thioether (sulfide) groups is 1. The van der Waals surface area contributed by atoms with E-state index in [0.717, 1.165) is 35.6 Å². The largest absolute Gasteiger partial charge is 0.361 e. The Morgan fingerprint density at radius 1 is 1.45 bits per heavy atom. The molecular weight excluding hydrogens is 298 g/mol. The predicted molar refractivity (Wildman–Crippen MR) is 90.2 cm³/mol. The highest BCUT2D eigenvalue weighted by Gasteiger charge is 2.24. The Morgan fingerprint density at radius 2 is 2.23 bits per heavy atom. The summed E-state index contributed by atoms with van der Waals surface area (Å²) in [6.07, 6.45) is 4.66. The zero-order valence-electron chi connectivity index (χ0n) is 14.0. The van der Waals surface area contributed by atoms with Crippen LogP contribution in [0, 0.1) is 13.8 Å². The highest BCUT2D eigenvalue weighted by molar-refractivity contribution is 7.99. The first-order chi connectivity index (χ1) is 10.5. The van der Waals surface area contributed by atoms with Gasteiger partial charge in [0.05, 0.1) is 12.2 Å². The Hall–Kier alpha value is -1.17. The summed E-state index contributed by atoms with van der Waals surface area (Å²) in [5.74, 6) is 1.94. The van der Waals surface area contributed by atoms with Crippen molar-refractivity contribution in [3.8, 4) is 0 Å². The summed E-state index contributed by atoms with van der Waals surface area (Å²) in [7, 11) is 1.82. The van der Waals surface area contributed by atoms with Gasteiger partial charge in [0.2, 0.25) is 0 Å². The first kappa shape index (κ1) is 17.2. The average Bonchev–Trinajstić information content (AvgIpc) is 2.80. The van der Waals surface area contributed by atoms with E-state index in [2.05, 4.69) is 17.4 Å². The van der Waals surface area contributed by atoms with Gasteiger partial charge in [-0.25, -0.2) is 4.79 Å². The second kappa shape index (κ2) is 7.90. The molecule has 2 atom stereocenters. The lowest BCUT2D eigenvalue weighted by Crippen LogP contribution is -2.45. The summed E-state index contributed by atoms with van der Waals surface area (Å²) >= 11 is 2.01. The summed E-state index contributed by atoms with van der Waals surface area (Å²) in [4.78, 5) is 14.1. The van der Waals surface area contributed by atoms with Crippen molar-refractivity contribution in [3.05, 3.63) is 17.0 Å². The van der Waals surface area contributed by atoms with E-state index in [1.54, 1.807) is 4.90 Å². The molecule has 1 fully saturated rings. The third-order valence-corrected chi connectivity index (χ3v) is 5.51. The predicted octanol–water partition coefficient (Wildman–Crippen LogP) is 3.50. The SMILES string of the molecule is CCS[C@@H]1CCC[C@H](NC(=O)N(C)Cc2c(C)noc2C)C1. The molecule has 0 aromatic carbocycles. The average molecular weight is 325 g/mol. The minimum absolute atomic E-state index is 0.00727. The van der Waals surface area contributed by atoms with E-state index in [4.69, 9.17) is 4.52 Å². The molecule has 5 nitrogen and oxygen atoms in total. The van der Waals surface area contributed by atoms with Crippen molar-refractivity contribution in [2.45, 2.75) is 64.3 Å². The molecular formula is C16H27N3O2S. The van der Waals surface area contributed by atoms with Crippen LogP contribution in [0.25, 0.3) is 0 Å². The van der Waals surface area contributed by atoms with Gasteiger partial charge in [-0.3, -0.25) is 0 Å². The molecule has 0 unspecified atom stereocenters. The number of urea groups is 1. The van der Waals surface area contributed by atoms with Crippen LogP contribution in [-0.2, 0) is 6.54 Å². The number of nitrogens with one attached hydrogen (secondary N) is 1. The molecule has 0 bridgehead atoms. The molecule has 1 aromatic rings. The van der Waals surface area contributed by atoms with E-state index in [1.165, 1.54) is 12.8 Å². The van der Waals surface area contributed by atoms with E-state index >= 15 is 0 Å². The fourth-order valence-corrected chi connectivity index (χ4v) is 4.16. The molecule has 1 heterocycles. The standard InChI is InChI=1S/C16H27N3O2S/c1-5-22-14-8-6-7-13(9-14)17-16(20)19(4)10-15-11(2)18-21-12(15)3/h13-14H,5-10H2,1-4H3,(H,17,20)/t13-,14+/m0/s1. The first-order valence-electron chi connectivity index (χ1n) is 8.06. The lowest BCUT2D eigenvalue weighted by Gasteiger charge is -2.30. The smallest absolute Gasteiger partial charge is 0.317 e. The Balaban J connectivity index is 1.86. The van der Waals surface area contributed by atoms with Gasteiger partial charge in [0.1, 0.15) is 5.76 Å². The van der Waals surface area contributed by atoms with Gasteiger partial charge >= 0.3 is 6.03 Å². The zero-order chi connectivity index (χ0) is 16.1. The van der Waals surface area contributed by atoms with Crippen molar-refractivity contribution in [1.29, 1.82) is 0 Å². The van der Waals surface area contributed by atoms with Gasteiger partial charge in [0.25, 0.3) is 0 Å². The zero-order valence-corrected chi connectivity index (χ0v) is 14.8. The molecule has 1 aromatic heterocycles. The van der Waals surface area contributed by atoms with Crippen LogP contribution in [0.1, 0.15) is 49.6 Å². The van der Waals surface area contributed by atoms with E-state index in [-0.39, 0.29) is 6.03 Å². The molecule has 0 radical (unpaired) electrons. The summed E-state index contributed by atoms with van der Waals surface area (Å²) < 4.78 is 5.16. The third-order valence-electron chi connectivity index (χ3n) is 4.28. The minimum atomic E-state index is -0.00727. The quantitative estimate of drug-likeness (QED) is 0.900. The van der Waals surface area contributed by atoms with Crippen molar-refractivity contribution in [2.24, 2.45) is 0 Å². The van der Waals surface area contributed by atoms with Crippen LogP contribution in [0.2, 0.25) is 0 Å². The van der Waals surface area contributed by atoms with Crippen LogP contribution in [0.5, 0.6) is 0 Å². The number of carbonyl (C=O) groups is 1. The molecule has 1 aliphatic carbocycles. The van der Waals surface area contributed by atoms with Gasteiger partial charge < -0.3 is 14.7 Å². The number of carbonyl (C=O) groups excluding carboxylic acids is 1. The van der Waals surface area contributed by atoms with Crippen molar-refractivity contribution in [1.82, 2.24) is 15.4 Å². The van der Waals surface area contributed by atoms with Gasteiger partial charge in [-0.2, -0.15) is 11.8 Å². The van der Waals surface area contributed by atoms with Crippen molar-refractivity contribution in [3.63, 3.8) is 0 Å². The Kier molecular flexibility index (Phi) is 6.17. The van der Waals surface area contributed by atoms with Crippen LogP contribution < -0.4 is 5.32 Å². The number of rotatable bonds is 5. The molecule has 1 saturated carbocycles. The number of hydrogen-bond acceptors (Lipinski definition) is 4. The van der Waals surface area contributed by atoms with Gasteiger partial charge in [-0.15, -0.1) is 0 Å². The van der Waals surface area contributed by atoms with E-state index in [0.29, 0.717) is 17.8 Å². The second-order valence-corrected chi connectivity index (χ2v) is 7.63. The normalized spacial score (nSPS) is 21.6. The summed E-state index contributed by atoms with van der Waals surface area (Å²) in [6.45, 7) is 6.52. The maximum absolute atomic E-state index is 12.4. The second-order valence-electron chi connectivity index (χ2n) is 6.05. The first-order valence-corrected chi connectivity index (χ1v) is 9.11. The van der Waals surface area contributed by atoms with Crippen LogP contribution in [0.3, 0.4) is 0 Å². The number of aryl methyl sites for hydroxylation is 2. The molecule has 1 aliphatic rings. The van der Waals surface area contributed by atoms with Gasteiger partial charge in [0, 0.05) is 23.9 Å². The lowest BCUT2D eigenvalue weighted by atomic mass is 9.95. The number of nitrogens with zero attached hydrogens (tertiary/aromatic N) is 2. The molecule has 2 amide bonds. The van der Waals surface area contributed by atoms with Crippen molar-refractivity contribution >= 4 is 17.8 Å². The van der Waals surface area contributed by atoms with E-state index in [1.807, 2.05) is 32.7 Å². The third kappa shape index (κ3) is 4.41. The molecule has 22 heavy (non-hydrogen) atoms. The molecule has 6 heteroatoms. The fourth-order valence-electron chi connectivity index (χ4n) is 2.98. The van der Waals surface area contributed by atoms with Crippen LogP contribution in [-0.4, -0.2) is 40.2 Å². The molecule has 1 N–H and O–H groups in total. The minimum Gasteiger partial charge on any atom is -0.361 e. The van der Waals surface area contributed by atoms with E-state index in [9.17, 15) is 4.79 Å². The van der Waals surface area contributed by atoms with Crippen LogP contribution in [0.15, 0.2) is 4.52 Å². The monoisotopic (exact) mass is 325 g/mol. The molecule has 0 saturated heterocycles. The van der Waals surface area contributed by atoms with E-state index < -0.39 is 0 Å². The van der Waals surface area contributed by atoms with Crippen LogP contribution >= 0.6 is 11.8 Å². The van der Waals surface area contributed by atoms with Crippen molar-refractivity contribution in [2.75, 3.05) is 12.8 Å². The highest BCUT2D eigenvalue weighted by atomic mass is 32.2.